The highest BCUT2D eigenvalue weighted by Gasteiger charge is 2.33. The zero-order valence-electron chi connectivity index (χ0n) is 12.2. The Morgan fingerprint density at radius 3 is 2.30 bits per heavy atom. The minimum absolute atomic E-state index is 0. The first-order valence-corrected chi connectivity index (χ1v) is 7.36. The molecule has 2 fully saturated rings. The fourth-order valence-corrected chi connectivity index (χ4v) is 3.38. The Kier molecular flexibility index (Phi) is 7.32. The molecule has 3 rings (SSSR count). The van der Waals surface area contributed by atoms with E-state index in [1.54, 1.807) is 5.56 Å². The third kappa shape index (κ3) is 3.67. The molecule has 1 aliphatic carbocycles. The molecule has 0 bridgehead atoms. The van der Waals surface area contributed by atoms with Crippen molar-refractivity contribution in [3.05, 3.63) is 35.4 Å². The van der Waals surface area contributed by atoms with E-state index in [-0.39, 0.29) is 24.8 Å². The van der Waals surface area contributed by atoms with Crippen LogP contribution in [0.1, 0.15) is 36.4 Å². The van der Waals surface area contributed by atoms with Gasteiger partial charge in [-0.25, -0.2) is 0 Å². The highest BCUT2D eigenvalue weighted by molar-refractivity contribution is 5.85. The summed E-state index contributed by atoms with van der Waals surface area (Å²) in [7, 11) is 0. The molecule has 1 saturated carbocycles. The standard InChI is InChI=1S/C16H24N2.2ClH/c1-13-5-2-3-8-15(13)16(14-6-4-7-14)18-11-9-17-10-12-18;;/h2-3,5,8,14,16-17H,4,6-7,9-12H2,1H3;2*1H/t16-;;/m1../s1. The minimum Gasteiger partial charge on any atom is -0.314 e. The Labute approximate surface area is 135 Å². The Bertz CT molecular complexity index is 401. The van der Waals surface area contributed by atoms with Crippen LogP contribution >= 0.6 is 24.8 Å². The average molecular weight is 317 g/mol. The quantitative estimate of drug-likeness (QED) is 0.916. The maximum Gasteiger partial charge on any atom is 0.0379 e. The van der Waals surface area contributed by atoms with Gasteiger partial charge in [-0.2, -0.15) is 0 Å². The smallest absolute Gasteiger partial charge is 0.0379 e. The van der Waals surface area contributed by atoms with Crippen LogP contribution < -0.4 is 5.32 Å². The third-order valence-electron chi connectivity index (χ3n) is 4.65. The summed E-state index contributed by atoms with van der Waals surface area (Å²) in [5.41, 5.74) is 3.04. The van der Waals surface area contributed by atoms with E-state index in [1.807, 2.05) is 0 Å². The molecule has 114 valence electrons. The summed E-state index contributed by atoms with van der Waals surface area (Å²) in [6, 6.07) is 9.65. The van der Waals surface area contributed by atoms with Gasteiger partial charge in [-0.05, 0) is 36.8 Å². The molecule has 1 heterocycles. The molecule has 1 saturated heterocycles. The molecule has 1 atom stereocenters. The molecular formula is C16H26Cl2N2. The van der Waals surface area contributed by atoms with E-state index in [9.17, 15) is 0 Å². The van der Waals surface area contributed by atoms with E-state index in [1.165, 1.54) is 37.9 Å². The van der Waals surface area contributed by atoms with Crippen molar-refractivity contribution in [3.8, 4) is 0 Å². The van der Waals surface area contributed by atoms with Crippen LogP contribution in [0.2, 0.25) is 0 Å². The SMILES string of the molecule is Cc1ccccc1[C@@H](C1CCC1)N1CCNCC1.Cl.Cl. The van der Waals surface area contributed by atoms with Crippen molar-refractivity contribution in [1.82, 2.24) is 10.2 Å². The molecule has 2 aliphatic rings. The van der Waals surface area contributed by atoms with Crippen LogP contribution in [0.4, 0.5) is 0 Å². The molecule has 4 heteroatoms. The molecule has 0 spiro atoms. The van der Waals surface area contributed by atoms with Gasteiger partial charge in [0.05, 0.1) is 0 Å². The van der Waals surface area contributed by atoms with Gasteiger partial charge in [0.25, 0.3) is 0 Å². The predicted octanol–water partition coefficient (Wildman–Crippen LogP) is 3.59. The first-order chi connectivity index (χ1) is 8.86. The lowest BCUT2D eigenvalue weighted by atomic mass is 9.75. The molecule has 1 aromatic carbocycles. The summed E-state index contributed by atoms with van der Waals surface area (Å²) in [6.45, 7) is 6.97. The topological polar surface area (TPSA) is 15.3 Å². The molecule has 0 aromatic heterocycles. The Morgan fingerprint density at radius 1 is 1.10 bits per heavy atom. The van der Waals surface area contributed by atoms with Crippen LogP contribution in [0.15, 0.2) is 24.3 Å². The number of aryl methyl sites for hydroxylation is 1. The average Bonchev–Trinajstić information content (AvgIpc) is 2.36. The van der Waals surface area contributed by atoms with E-state index in [0.717, 1.165) is 19.0 Å². The highest BCUT2D eigenvalue weighted by atomic mass is 35.5. The first-order valence-electron chi connectivity index (χ1n) is 7.36. The molecule has 1 aromatic rings. The summed E-state index contributed by atoms with van der Waals surface area (Å²) in [5, 5.41) is 3.47. The van der Waals surface area contributed by atoms with E-state index in [2.05, 4.69) is 41.4 Å². The van der Waals surface area contributed by atoms with Gasteiger partial charge in [-0.1, -0.05) is 30.7 Å². The number of benzene rings is 1. The Morgan fingerprint density at radius 2 is 1.75 bits per heavy atom. The molecule has 1 aliphatic heterocycles. The van der Waals surface area contributed by atoms with Crippen LogP contribution in [0.5, 0.6) is 0 Å². The van der Waals surface area contributed by atoms with Gasteiger partial charge in [0.2, 0.25) is 0 Å². The molecule has 20 heavy (non-hydrogen) atoms. The number of hydrogen-bond acceptors (Lipinski definition) is 2. The second-order valence-corrected chi connectivity index (χ2v) is 5.78. The summed E-state index contributed by atoms with van der Waals surface area (Å²) >= 11 is 0. The summed E-state index contributed by atoms with van der Waals surface area (Å²) in [6.07, 6.45) is 4.27. The lowest BCUT2D eigenvalue weighted by Crippen LogP contribution is -2.48. The normalized spacial score (nSPS) is 21.2. The second-order valence-electron chi connectivity index (χ2n) is 5.78. The van der Waals surface area contributed by atoms with Crippen molar-refractivity contribution in [2.24, 2.45) is 5.92 Å². The number of halogens is 2. The van der Waals surface area contributed by atoms with Crippen molar-refractivity contribution < 1.29 is 0 Å². The summed E-state index contributed by atoms with van der Waals surface area (Å²) < 4.78 is 0. The van der Waals surface area contributed by atoms with Crippen LogP contribution in [0.25, 0.3) is 0 Å². The Hall–Kier alpha value is -0.280. The van der Waals surface area contributed by atoms with Crippen molar-refractivity contribution in [2.45, 2.75) is 32.2 Å². The molecule has 0 unspecified atom stereocenters. The number of rotatable bonds is 3. The van der Waals surface area contributed by atoms with E-state index in [4.69, 9.17) is 0 Å². The lowest BCUT2D eigenvalue weighted by molar-refractivity contribution is 0.0833. The third-order valence-corrected chi connectivity index (χ3v) is 4.65. The van der Waals surface area contributed by atoms with Crippen LogP contribution in [0.3, 0.4) is 0 Å². The van der Waals surface area contributed by atoms with Crippen LogP contribution in [0, 0.1) is 12.8 Å². The molecular weight excluding hydrogens is 291 g/mol. The van der Waals surface area contributed by atoms with E-state index < -0.39 is 0 Å². The summed E-state index contributed by atoms with van der Waals surface area (Å²) in [5.74, 6) is 0.893. The van der Waals surface area contributed by atoms with Gasteiger partial charge in [0, 0.05) is 32.2 Å². The van der Waals surface area contributed by atoms with Crippen molar-refractivity contribution in [2.75, 3.05) is 26.2 Å². The number of nitrogens with zero attached hydrogens (tertiary/aromatic N) is 1. The number of nitrogens with one attached hydrogen (secondary N) is 1. The predicted molar refractivity (Wildman–Crippen MR) is 90.2 cm³/mol. The first kappa shape index (κ1) is 17.8. The van der Waals surface area contributed by atoms with Gasteiger partial charge >= 0.3 is 0 Å². The second kappa shape index (κ2) is 8.23. The van der Waals surface area contributed by atoms with Crippen LogP contribution in [-0.4, -0.2) is 31.1 Å². The van der Waals surface area contributed by atoms with E-state index in [0.29, 0.717) is 6.04 Å². The molecule has 2 nitrogen and oxygen atoms in total. The van der Waals surface area contributed by atoms with Gasteiger partial charge in [-0.15, -0.1) is 24.8 Å². The number of hydrogen-bond donors (Lipinski definition) is 1. The monoisotopic (exact) mass is 316 g/mol. The number of piperazine rings is 1. The van der Waals surface area contributed by atoms with Gasteiger partial charge < -0.3 is 5.32 Å². The fourth-order valence-electron chi connectivity index (χ4n) is 3.38. The van der Waals surface area contributed by atoms with Crippen molar-refractivity contribution in [1.29, 1.82) is 0 Å². The largest absolute Gasteiger partial charge is 0.314 e. The van der Waals surface area contributed by atoms with Gasteiger partial charge in [0.15, 0.2) is 0 Å². The lowest BCUT2D eigenvalue weighted by Gasteiger charge is -2.43. The zero-order chi connectivity index (χ0) is 12.4. The highest BCUT2D eigenvalue weighted by Crippen LogP contribution is 2.42. The minimum atomic E-state index is 0. The summed E-state index contributed by atoms with van der Waals surface area (Å²) in [4.78, 5) is 2.71. The molecule has 0 radical (unpaired) electrons. The van der Waals surface area contributed by atoms with Crippen LogP contribution in [-0.2, 0) is 0 Å². The molecule has 1 N–H and O–H groups in total. The maximum absolute atomic E-state index is 3.47. The molecule has 0 amide bonds. The van der Waals surface area contributed by atoms with Gasteiger partial charge in [-0.3, -0.25) is 4.90 Å². The van der Waals surface area contributed by atoms with Crippen molar-refractivity contribution >= 4 is 24.8 Å². The van der Waals surface area contributed by atoms with E-state index >= 15 is 0 Å². The Balaban J connectivity index is 0.000001000. The van der Waals surface area contributed by atoms with Gasteiger partial charge in [0.1, 0.15) is 0 Å². The fraction of sp³-hybridized carbons (Fsp3) is 0.625. The maximum atomic E-state index is 3.47. The zero-order valence-corrected chi connectivity index (χ0v) is 13.8. The van der Waals surface area contributed by atoms with Crippen molar-refractivity contribution in [3.63, 3.8) is 0 Å².